The molecule has 9 rings (SSSR count). The van der Waals surface area contributed by atoms with E-state index in [9.17, 15) is 19.5 Å². The second-order valence-corrected chi connectivity index (χ2v) is 14.0. The van der Waals surface area contributed by atoms with Gasteiger partial charge < -0.3 is 24.6 Å². The van der Waals surface area contributed by atoms with E-state index in [1.807, 2.05) is 30.3 Å². The lowest BCUT2D eigenvalue weighted by molar-refractivity contribution is -0.668. The van der Waals surface area contributed by atoms with Crippen LogP contribution in [0.3, 0.4) is 0 Å². The molecule has 0 amide bonds. The van der Waals surface area contributed by atoms with E-state index in [0.29, 0.717) is 37.5 Å². The lowest BCUT2D eigenvalue weighted by Gasteiger charge is -2.58. The maximum Gasteiger partial charge on any atom is 0.312 e. The Bertz CT molecular complexity index is 1190. The van der Waals surface area contributed by atoms with Crippen molar-refractivity contribution in [3.63, 3.8) is 0 Å². The summed E-state index contributed by atoms with van der Waals surface area (Å²) >= 11 is 0. The van der Waals surface area contributed by atoms with Crippen LogP contribution in [0.5, 0.6) is 0 Å². The van der Waals surface area contributed by atoms with Crippen LogP contribution in [0, 0.1) is 40.9 Å². The maximum atomic E-state index is 14.0. The maximum absolute atomic E-state index is 14.0. The fraction of sp³-hybridized carbons (Fsp3) is 0.710. The van der Waals surface area contributed by atoms with Crippen LogP contribution in [0.15, 0.2) is 30.3 Å². The summed E-state index contributed by atoms with van der Waals surface area (Å²) in [6, 6.07) is 9.93. The molecule has 6 saturated carbocycles. The topological polar surface area (TPSA) is 116 Å². The molecule has 1 aromatic carbocycles. The first-order valence-electron chi connectivity index (χ1n) is 15.0. The third-order valence-electron chi connectivity index (χ3n) is 11.6. The minimum Gasteiger partial charge on any atom is -0.458 e. The fourth-order valence-corrected chi connectivity index (χ4v) is 10.6. The van der Waals surface area contributed by atoms with Crippen LogP contribution in [-0.4, -0.2) is 53.9 Å². The molecule has 8 aliphatic rings. The van der Waals surface area contributed by atoms with E-state index in [2.05, 4.69) is 5.32 Å². The van der Waals surface area contributed by atoms with E-state index in [-0.39, 0.29) is 29.7 Å². The van der Waals surface area contributed by atoms with Crippen molar-refractivity contribution in [3.8, 4) is 0 Å². The molecule has 2 aliphatic heterocycles. The van der Waals surface area contributed by atoms with E-state index in [0.717, 1.165) is 50.8 Å². The van der Waals surface area contributed by atoms with Crippen LogP contribution < -0.4 is 5.32 Å². The molecule has 8 unspecified atom stereocenters. The van der Waals surface area contributed by atoms with Crippen LogP contribution in [0.1, 0.15) is 63.4 Å². The van der Waals surface area contributed by atoms with Crippen molar-refractivity contribution in [2.45, 2.75) is 81.2 Å². The molecule has 2 saturated heterocycles. The molecule has 3 N–H and O–H groups in total. The SMILES string of the molecule is O=C1OC2C3CC(C2OC(=O)C24CC5CC(CC(O)(C5)C2)C4)C(C(=O)OC2(c4ccccc4)CC[NH2+]CC2)C13. The zero-order chi connectivity index (χ0) is 26.6. The van der Waals surface area contributed by atoms with E-state index in [1.54, 1.807) is 0 Å². The molecule has 8 atom stereocenters. The molecule has 8 nitrogen and oxygen atoms in total. The standard InChI is InChI=1S/C31H37NO7/c33-26-22-20-11-21(23(22)27(34)39-31(6-8-32-9-7-31)19-4-2-1-3-5-19)25(24(20)37-26)38-28(35)29-12-17-10-18(13-29)15-30(36,14-17)16-29/h1-5,17-18,20-25,32,36H,6-16H2/p+1. The Hall–Kier alpha value is -2.45. The fourth-order valence-electron chi connectivity index (χ4n) is 10.6. The molecule has 1 aromatic rings. The highest BCUT2D eigenvalue weighted by Gasteiger charge is 2.71. The molecule has 8 fully saturated rings. The van der Waals surface area contributed by atoms with Gasteiger partial charge >= 0.3 is 17.9 Å². The summed E-state index contributed by atoms with van der Waals surface area (Å²) in [6.07, 6.45) is 5.59. The molecular formula is C31H38NO7+. The van der Waals surface area contributed by atoms with E-state index in [4.69, 9.17) is 14.2 Å². The average molecular weight is 537 g/mol. The number of hydrogen-bond acceptors (Lipinski definition) is 7. The Morgan fingerprint density at radius 3 is 2.38 bits per heavy atom. The normalized spacial score (nSPS) is 46.2. The number of quaternary nitrogens is 1. The lowest BCUT2D eigenvalue weighted by atomic mass is 9.48. The van der Waals surface area contributed by atoms with E-state index < -0.39 is 40.7 Å². The zero-order valence-electron chi connectivity index (χ0n) is 22.3. The number of aliphatic hydroxyl groups is 1. The number of esters is 3. The second kappa shape index (κ2) is 8.29. The summed E-state index contributed by atoms with van der Waals surface area (Å²) in [6.45, 7) is 1.73. The molecule has 0 radical (unpaired) electrons. The summed E-state index contributed by atoms with van der Waals surface area (Å²) in [5.41, 5.74) is -1.14. The smallest absolute Gasteiger partial charge is 0.312 e. The molecule has 208 valence electrons. The summed E-state index contributed by atoms with van der Waals surface area (Å²) in [5, 5.41) is 13.4. The van der Waals surface area contributed by atoms with Gasteiger partial charge in [0.2, 0.25) is 0 Å². The highest BCUT2D eigenvalue weighted by atomic mass is 16.6. The highest BCUT2D eigenvalue weighted by molar-refractivity contribution is 5.87. The summed E-state index contributed by atoms with van der Waals surface area (Å²) in [4.78, 5) is 40.9. The highest BCUT2D eigenvalue weighted by Crippen LogP contribution is 2.64. The van der Waals surface area contributed by atoms with Crippen molar-refractivity contribution in [3.05, 3.63) is 35.9 Å². The molecule has 2 heterocycles. The van der Waals surface area contributed by atoms with Gasteiger partial charge in [0, 0.05) is 24.7 Å². The Kier molecular flexibility index (Phi) is 5.18. The Labute approximate surface area is 228 Å². The minimum absolute atomic E-state index is 0.120. The van der Waals surface area contributed by atoms with E-state index in [1.165, 1.54) is 0 Å². The summed E-state index contributed by atoms with van der Waals surface area (Å²) in [7, 11) is 0. The first-order chi connectivity index (χ1) is 18.8. The number of carbonyl (C=O) groups excluding carboxylic acids is 3. The monoisotopic (exact) mass is 536 g/mol. The van der Waals surface area contributed by atoms with Crippen LogP contribution >= 0.6 is 0 Å². The predicted molar refractivity (Wildman–Crippen MR) is 136 cm³/mol. The van der Waals surface area contributed by atoms with Crippen molar-refractivity contribution in [2.75, 3.05) is 13.1 Å². The second-order valence-electron chi connectivity index (χ2n) is 14.0. The number of ether oxygens (including phenoxy) is 3. The number of carbonyl (C=O) groups is 3. The van der Waals surface area contributed by atoms with Crippen molar-refractivity contribution in [1.29, 1.82) is 0 Å². The van der Waals surface area contributed by atoms with Crippen molar-refractivity contribution >= 4 is 17.9 Å². The van der Waals surface area contributed by atoms with Gasteiger partial charge in [0.25, 0.3) is 0 Å². The molecule has 0 aromatic heterocycles. The third kappa shape index (κ3) is 3.52. The van der Waals surface area contributed by atoms with Gasteiger partial charge in [-0.25, -0.2) is 0 Å². The molecule has 6 aliphatic carbocycles. The Morgan fingerprint density at radius 1 is 0.974 bits per heavy atom. The van der Waals surface area contributed by atoms with Crippen LogP contribution in [0.25, 0.3) is 0 Å². The number of piperidine rings is 1. The lowest BCUT2D eigenvalue weighted by Crippen LogP contribution is -2.87. The van der Waals surface area contributed by atoms with Gasteiger partial charge in [0.15, 0.2) is 0 Å². The van der Waals surface area contributed by atoms with Gasteiger partial charge in [-0.05, 0) is 62.3 Å². The van der Waals surface area contributed by atoms with Crippen molar-refractivity contribution in [1.82, 2.24) is 0 Å². The van der Waals surface area contributed by atoms with Crippen LogP contribution in [-0.2, 0) is 34.2 Å². The molecule has 8 heteroatoms. The van der Waals surface area contributed by atoms with Gasteiger partial charge in [-0.2, -0.15) is 0 Å². The number of rotatable bonds is 5. The predicted octanol–water partition coefficient (Wildman–Crippen LogP) is 1.83. The number of nitrogens with two attached hydrogens (primary N) is 1. The van der Waals surface area contributed by atoms with Gasteiger partial charge in [-0.1, -0.05) is 30.3 Å². The first-order valence-corrected chi connectivity index (χ1v) is 15.0. The zero-order valence-corrected chi connectivity index (χ0v) is 22.3. The largest absolute Gasteiger partial charge is 0.458 e. The quantitative estimate of drug-likeness (QED) is 0.436. The number of hydrogen-bond donors (Lipinski definition) is 2. The van der Waals surface area contributed by atoms with Crippen LogP contribution in [0.4, 0.5) is 0 Å². The van der Waals surface area contributed by atoms with Crippen LogP contribution in [0.2, 0.25) is 0 Å². The Morgan fingerprint density at radius 2 is 1.69 bits per heavy atom. The number of benzene rings is 1. The van der Waals surface area contributed by atoms with Crippen molar-refractivity contribution < 1.29 is 39.0 Å². The van der Waals surface area contributed by atoms with Crippen molar-refractivity contribution in [2.24, 2.45) is 40.9 Å². The average Bonchev–Trinajstić information content (AvgIpc) is 3.52. The minimum atomic E-state index is -0.766. The summed E-state index contributed by atoms with van der Waals surface area (Å²) < 4.78 is 18.5. The Balaban J connectivity index is 1.06. The van der Waals surface area contributed by atoms with E-state index >= 15 is 0 Å². The number of fused-ring (bicyclic) bond motifs is 1. The molecule has 39 heavy (non-hydrogen) atoms. The summed E-state index contributed by atoms with van der Waals surface area (Å²) in [5.74, 6) is -1.84. The van der Waals surface area contributed by atoms with Gasteiger partial charge in [-0.3, -0.25) is 14.4 Å². The van der Waals surface area contributed by atoms with Gasteiger partial charge in [0.1, 0.15) is 17.8 Å². The van der Waals surface area contributed by atoms with Gasteiger partial charge in [-0.15, -0.1) is 0 Å². The molecule has 0 spiro atoms. The molecule has 6 bridgehead atoms. The third-order valence-corrected chi connectivity index (χ3v) is 11.6. The van der Waals surface area contributed by atoms with Gasteiger partial charge in [0.05, 0.1) is 35.9 Å². The first kappa shape index (κ1) is 24.4. The molecular weight excluding hydrogens is 498 g/mol.